The standard InChI is InChI=1S/C18H15F4NO2/c1-5-6-9-11(19)13(21)10(14(22)12(9)20)7-25-16(24)15-17(2,3)18(15,4)8-23/h1,15H,6-7H2,2-4H3/t15-,18-/m0/s1. The van der Waals surface area contributed by atoms with Crippen molar-refractivity contribution in [1.29, 1.82) is 5.26 Å². The zero-order valence-corrected chi connectivity index (χ0v) is 13.8. The minimum Gasteiger partial charge on any atom is -0.460 e. The van der Waals surface area contributed by atoms with Gasteiger partial charge in [-0.1, -0.05) is 13.8 Å². The Hall–Kier alpha value is -2.54. The van der Waals surface area contributed by atoms with Crippen molar-refractivity contribution in [2.45, 2.75) is 33.8 Å². The Kier molecular flexibility index (Phi) is 4.57. The van der Waals surface area contributed by atoms with Gasteiger partial charge in [0.2, 0.25) is 0 Å². The molecule has 1 aliphatic carbocycles. The molecule has 1 aromatic rings. The smallest absolute Gasteiger partial charge is 0.311 e. The first kappa shape index (κ1) is 18.8. The third kappa shape index (κ3) is 2.64. The molecule has 3 nitrogen and oxygen atoms in total. The molecule has 0 bridgehead atoms. The van der Waals surface area contributed by atoms with Crippen LogP contribution in [0.2, 0.25) is 0 Å². The van der Waals surface area contributed by atoms with Gasteiger partial charge in [-0.15, -0.1) is 12.3 Å². The maximum absolute atomic E-state index is 14.0. The van der Waals surface area contributed by atoms with Crippen LogP contribution in [-0.2, 0) is 22.6 Å². The van der Waals surface area contributed by atoms with E-state index in [4.69, 9.17) is 16.4 Å². The van der Waals surface area contributed by atoms with Crippen molar-refractivity contribution >= 4 is 5.97 Å². The van der Waals surface area contributed by atoms with Gasteiger partial charge >= 0.3 is 5.97 Å². The van der Waals surface area contributed by atoms with E-state index in [1.165, 1.54) is 0 Å². The molecule has 0 unspecified atom stereocenters. The second-order valence-corrected chi connectivity index (χ2v) is 6.67. The van der Waals surface area contributed by atoms with Gasteiger partial charge in [0.25, 0.3) is 0 Å². The lowest BCUT2D eigenvalue weighted by Crippen LogP contribution is -2.15. The first-order valence-electron chi connectivity index (χ1n) is 7.39. The predicted molar refractivity (Wildman–Crippen MR) is 79.6 cm³/mol. The average molecular weight is 353 g/mol. The van der Waals surface area contributed by atoms with E-state index in [1.807, 2.05) is 12.0 Å². The summed E-state index contributed by atoms with van der Waals surface area (Å²) in [6, 6.07) is 2.01. The van der Waals surface area contributed by atoms with Gasteiger partial charge in [0.1, 0.15) is 6.61 Å². The van der Waals surface area contributed by atoms with E-state index in [9.17, 15) is 22.4 Å². The first-order chi connectivity index (χ1) is 11.5. The highest BCUT2D eigenvalue weighted by atomic mass is 19.2. The second-order valence-electron chi connectivity index (χ2n) is 6.67. The number of benzene rings is 1. The highest BCUT2D eigenvalue weighted by Gasteiger charge is 2.73. The summed E-state index contributed by atoms with van der Waals surface area (Å²) in [6.45, 7) is 3.93. The summed E-state index contributed by atoms with van der Waals surface area (Å²) in [7, 11) is 0. The molecular weight excluding hydrogens is 338 g/mol. The van der Waals surface area contributed by atoms with Crippen molar-refractivity contribution in [3.63, 3.8) is 0 Å². The Morgan fingerprint density at radius 2 is 1.60 bits per heavy atom. The lowest BCUT2D eigenvalue weighted by atomic mass is 10.0. The third-order valence-electron chi connectivity index (χ3n) is 5.10. The summed E-state index contributed by atoms with van der Waals surface area (Å²) < 4.78 is 60.4. The fraction of sp³-hybridized carbons (Fsp3) is 0.444. The Morgan fingerprint density at radius 3 is 2.00 bits per heavy atom. The third-order valence-corrected chi connectivity index (χ3v) is 5.10. The SMILES string of the molecule is C#CCc1c(F)c(F)c(COC(=O)[C@H]2C(C)(C)[C@@]2(C)C#N)c(F)c1F. The van der Waals surface area contributed by atoms with Gasteiger partial charge in [0, 0.05) is 12.0 Å². The maximum atomic E-state index is 14.0. The zero-order valence-electron chi connectivity index (χ0n) is 13.8. The van der Waals surface area contributed by atoms with Gasteiger partial charge in [-0.3, -0.25) is 4.79 Å². The van der Waals surface area contributed by atoms with Gasteiger partial charge in [-0.2, -0.15) is 5.26 Å². The van der Waals surface area contributed by atoms with E-state index < -0.39 is 70.1 Å². The summed E-state index contributed by atoms with van der Waals surface area (Å²) in [5, 5.41) is 9.15. The van der Waals surface area contributed by atoms with Gasteiger partial charge in [0.05, 0.1) is 23.0 Å². The first-order valence-corrected chi connectivity index (χ1v) is 7.39. The Morgan fingerprint density at radius 1 is 1.12 bits per heavy atom. The molecule has 0 amide bonds. The van der Waals surface area contributed by atoms with Gasteiger partial charge in [-0.25, -0.2) is 17.6 Å². The quantitative estimate of drug-likeness (QED) is 0.359. The lowest BCUT2D eigenvalue weighted by molar-refractivity contribution is -0.148. The number of carbonyl (C=O) groups is 1. The van der Waals surface area contributed by atoms with Crippen LogP contribution in [0.15, 0.2) is 0 Å². The Balaban J connectivity index is 2.25. The molecule has 0 heterocycles. The molecule has 25 heavy (non-hydrogen) atoms. The van der Waals surface area contributed by atoms with Crippen molar-refractivity contribution in [3.05, 3.63) is 34.4 Å². The number of carbonyl (C=O) groups excluding carboxylic acids is 1. The number of hydrogen-bond donors (Lipinski definition) is 0. The van der Waals surface area contributed by atoms with E-state index in [0.29, 0.717) is 0 Å². The van der Waals surface area contributed by atoms with Gasteiger partial charge in [-0.05, 0) is 12.3 Å². The molecule has 1 aliphatic rings. The number of terminal acetylenes is 1. The Bertz CT molecular complexity index is 806. The van der Waals surface area contributed by atoms with Crippen LogP contribution in [0.25, 0.3) is 0 Å². The molecule has 0 aromatic heterocycles. The van der Waals surface area contributed by atoms with E-state index in [1.54, 1.807) is 20.8 Å². The van der Waals surface area contributed by atoms with Crippen LogP contribution < -0.4 is 0 Å². The molecule has 1 fully saturated rings. The van der Waals surface area contributed by atoms with Crippen molar-refractivity contribution in [2.24, 2.45) is 16.7 Å². The number of nitriles is 1. The summed E-state index contributed by atoms with van der Waals surface area (Å²) in [5.74, 6) is -6.29. The van der Waals surface area contributed by atoms with Crippen molar-refractivity contribution < 1.29 is 27.1 Å². The minimum absolute atomic E-state index is 0.623. The van der Waals surface area contributed by atoms with Crippen molar-refractivity contribution in [1.82, 2.24) is 0 Å². The lowest BCUT2D eigenvalue weighted by Gasteiger charge is -2.11. The largest absolute Gasteiger partial charge is 0.460 e. The fourth-order valence-corrected chi connectivity index (χ4v) is 3.05. The zero-order chi connectivity index (χ0) is 19.2. The molecule has 0 N–H and O–H groups in total. The van der Waals surface area contributed by atoms with E-state index in [-0.39, 0.29) is 0 Å². The number of hydrogen-bond acceptors (Lipinski definition) is 3. The molecule has 7 heteroatoms. The van der Waals surface area contributed by atoms with Gasteiger partial charge in [0.15, 0.2) is 23.3 Å². The summed E-state index contributed by atoms with van der Waals surface area (Å²) >= 11 is 0. The summed E-state index contributed by atoms with van der Waals surface area (Å²) in [4.78, 5) is 12.1. The fourth-order valence-electron chi connectivity index (χ4n) is 3.05. The van der Waals surface area contributed by atoms with E-state index >= 15 is 0 Å². The molecule has 1 aromatic carbocycles. The van der Waals surface area contributed by atoms with Crippen LogP contribution >= 0.6 is 0 Å². The second kappa shape index (κ2) is 6.07. The van der Waals surface area contributed by atoms with Crippen LogP contribution in [0.3, 0.4) is 0 Å². The molecule has 0 aliphatic heterocycles. The molecule has 0 spiro atoms. The van der Waals surface area contributed by atoms with E-state index in [0.717, 1.165) is 0 Å². The van der Waals surface area contributed by atoms with E-state index in [2.05, 4.69) is 0 Å². The highest BCUT2D eigenvalue weighted by molar-refractivity contribution is 5.80. The summed E-state index contributed by atoms with van der Waals surface area (Å²) in [5.41, 5.74) is -3.59. The van der Waals surface area contributed by atoms with Crippen molar-refractivity contribution in [2.75, 3.05) is 0 Å². The molecule has 2 atom stereocenters. The molecule has 1 saturated carbocycles. The predicted octanol–water partition coefficient (Wildman–Crippen LogP) is 3.65. The Labute approximate surface area is 142 Å². The van der Waals surface area contributed by atoms with Gasteiger partial charge < -0.3 is 4.74 Å². The van der Waals surface area contributed by atoms with Crippen molar-refractivity contribution in [3.8, 4) is 18.4 Å². The molecule has 2 rings (SSSR count). The van der Waals surface area contributed by atoms with Crippen LogP contribution in [-0.4, -0.2) is 5.97 Å². The average Bonchev–Trinajstić information content (AvgIpc) is 3.02. The number of ether oxygens (including phenoxy) is 1. The van der Waals surface area contributed by atoms with Crippen LogP contribution in [0.5, 0.6) is 0 Å². The summed E-state index contributed by atoms with van der Waals surface area (Å²) in [6.07, 6.45) is 4.29. The number of esters is 1. The van der Waals surface area contributed by atoms with Crippen LogP contribution in [0, 0.1) is 63.7 Å². The molecule has 132 valence electrons. The topological polar surface area (TPSA) is 50.1 Å². The number of rotatable bonds is 4. The number of halogens is 4. The number of nitrogens with zero attached hydrogens (tertiary/aromatic N) is 1. The molecule has 0 radical (unpaired) electrons. The monoisotopic (exact) mass is 353 g/mol. The normalized spacial score (nSPS) is 23.5. The minimum atomic E-state index is -1.66. The molecule has 0 saturated heterocycles. The van der Waals surface area contributed by atoms with Crippen LogP contribution in [0.1, 0.15) is 31.9 Å². The maximum Gasteiger partial charge on any atom is 0.311 e. The molecular formula is C18H15F4NO2. The van der Waals surface area contributed by atoms with Crippen LogP contribution in [0.4, 0.5) is 17.6 Å². The highest BCUT2D eigenvalue weighted by Crippen LogP contribution is 2.68.